The van der Waals surface area contributed by atoms with Crippen molar-refractivity contribution in [3.05, 3.63) is 140 Å². The van der Waals surface area contributed by atoms with E-state index in [-0.39, 0.29) is 0 Å². The lowest BCUT2D eigenvalue weighted by Crippen LogP contribution is -2.10. The summed E-state index contributed by atoms with van der Waals surface area (Å²) in [5.74, 6) is 0. The molecule has 4 nitrogen and oxygen atoms in total. The first-order chi connectivity index (χ1) is 23.3. The molecule has 220 valence electrons. The summed E-state index contributed by atoms with van der Waals surface area (Å²) < 4.78 is 21.9. The topological polar surface area (TPSA) is 42.7 Å². The minimum absolute atomic E-state index is 0.842. The summed E-state index contributed by atoms with van der Waals surface area (Å²) in [5.41, 5.74) is 8.20. The Hall–Kier alpha value is -6.04. The number of thiophene rings is 1. The zero-order valence-electron chi connectivity index (χ0n) is 24.9. The highest BCUT2D eigenvalue weighted by Gasteiger charge is 2.24. The smallest absolute Gasteiger partial charge is 0.138 e. The van der Waals surface area contributed by atoms with Crippen LogP contribution in [0.5, 0.6) is 0 Å². The molecule has 0 amide bonds. The molecule has 0 aliphatic heterocycles. The minimum atomic E-state index is 0.842. The fraction of sp³-hybridized carbons (Fsp3) is 0. The molecular weight excluding hydrogens is 599 g/mol. The molecule has 4 heterocycles. The third-order valence-corrected chi connectivity index (χ3v) is 10.6. The third kappa shape index (κ3) is 3.52. The van der Waals surface area contributed by atoms with Crippen LogP contribution in [0.2, 0.25) is 0 Å². The average Bonchev–Trinajstić information content (AvgIpc) is 3.87. The second-order valence-electron chi connectivity index (χ2n) is 12.1. The predicted molar refractivity (Wildman–Crippen MR) is 196 cm³/mol. The molecule has 0 spiro atoms. The number of hydrogen-bond donors (Lipinski definition) is 0. The van der Waals surface area contributed by atoms with Crippen molar-refractivity contribution in [2.45, 2.75) is 0 Å². The summed E-state index contributed by atoms with van der Waals surface area (Å²) in [5, 5.41) is 9.10. The van der Waals surface area contributed by atoms with E-state index in [9.17, 15) is 0 Å². The molecule has 0 saturated carbocycles. The van der Waals surface area contributed by atoms with E-state index in [2.05, 4.69) is 114 Å². The number of furan rings is 3. The van der Waals surface area contributed by atoms with Crippen molar-refractivity contribution in [3.63, 3.8) is 0 Å². The van der Waals surface area contributed by atoms with Gasteiger partial charge in [0.25, 0.3) is 0 Å². The van der Waals surface area contributed by atoms with Gasteiger partial charge in [0.15, 0.2) is 0 Å². The van der Waals surface area contributed by atoms with E-state index in [1.54, 1.807) is 0 Å². The van der Waals surface area contributed by atoms with Crippen molar-refractivity contribution in [1.82, 2.24) is 0 Å². The van der Waals surface area contributed by atoms with Crippen LogP contribution < -0.4 is 4.90 Å². The molecule has 0 bridgehead atoms. The highest BCUT2D eigenvalue weighted by Crippen LogP contribution is 2.51. The predicted octanol–water partition coefficient (Wildman–Crippen LogP) is 13.2. The first kappa shape index (κ1) is 25.2. The number of fused-ring (bicyclic) bond motifs is 13. The summed E-state index contributed by atoms with van der Waals surface area (Å²) in [4.78, 5) is 2.33. The van der Waals surface area contributed by atoms with Crippen LogP contribution >= 0.6 is 11.3 Å². The molecule has 4 aromatic heterocycles. The maximum absolute atomic E-state index is 6.58. The van der Waals surface area contributed by atoms with E-state index < -0.39 is 0 Å². The zero-order valence-corrected chi connectivity index (χ0v) is 25.7. The second-order valence-corrected chi connectivity index (χ2v) is 13.1. The highest BCUT2D eigenvalue weighted by molar-refractivity contribution is 7.27. The molecule has 47 heavy (non-hydrogen) atoms. The van der Waals surface area contributed by atoms with Crippen LogP contribution in [0.3, 0.4) is 0 Å². The number of rotatable bonds is 3. The van der Waals surface area contributed by atoms with Gasteiger partial charge in [-0.25, -0.2) is 0 Å². The van der Waals surface area contributed by atoms with Gasteiger partial charge >= 0.3 is 0 Å². The van der Waals surface area contributed by atoms with Crippen molar-refractivity contribution in [2.75, 3.05) is 4.90 Å². The summed E-state index contributed by atoms with van der Waals surface area (Å²) in [6, 6.07) is 48.7. The van der Waals surface area contributed by atoms with Crippen molar-refractivity contribution in [2.24, 2.45) is 0 Å². The molecule has 0 aliphatic carbocycles. The first-order valence-corrected chi connectivity index (χ1v) is 16.5. The quantitative estimate of drug-likeness (QED) is 0.197. The molecule has 0 aliphatic rings. The number of hydrogen-bond acceptors (Lipinski definition) is 5. The number of benzene rings is 7. The molecule has 0 atom stereocenters. The monoisotopic (exact) mass is 621 g/mol. The van der Waals surface area contributed by atoms with Gasteiger partial charge < -0.3 is 18.2 Å². The Morgan fingerprint density at radius 1 is 0.383 bits per heavy atom. The van der Waals surface area contributed by atoms with Crippen LogP contribution in [0.15, 0.2) is 153 Å². The lowest BCUT2D eigenvalue weighted by molar-refractivity contribution is 0.669. The largest absolute Gasteiger partial charge is 0.456 e. The van der Waals surface area contributed by atoms with Crippen molar-refractivity contribution in [1.29, 1.82) is 0 Å². The number of para-hydroxylation sites is 3. The van der Waals surface area contributed by atoms with Crippen LogP contribution in [0.25, 0.3) is 86.0 Å². The summed E-state index contributed by atoms with van der Waals surface area (Å²) in [7, 11) is 0. The molecule has 11 aromatic rings. The van der Waals surface area contributed by atoms with Crippen molar-refractivity contribution >= 4 is 114 Å². The fourth-order valence-corrected chi connectivity index (χ4v) is 8.66. The first-order valence-electron chi connectivity index (χ1n) is 15.7. The van der Waals surface area contributed by atoms with Gasteiger partial charge in [-0.15, -0.1) is 11.3 Å². The average molecular weight is 622 g/mol. The third-order valence-electron chi connectivity index (χ3n) is 9.45. The van der Waals surface area contributed by atoms with Gasteiger partial charge in [-0.3, -0.25) is 0 Å². The van der Waals surface area contributed by atoms with E-state index in [0.717, 1.165) is 82.9 Å². The molecular formula is C42H23NO3S. The van der Waals surface area contributed by atoms with Crippen LogP contribution in [0.4, 0.5) is 17.1 Å². The molecule has 5 heteroatoms. The molecule has 11 rings (SSSR count). The van der Waals surface area contributed by atoms with Gasteiger partial charge in [-0.1, -0.05) is 72.8 Å². The Labute approximate surface area is 271 Å². The maximum Gasteiger partial charge on any atom is 0.138 e. The molecule has 0 saturated heterocycles. The van der Waals surface area contributed by atoms with Crippen LogP contribution in [0, 0.1) is 0 Å². The normalized spacial score (nSPS) is 12.3. The fourth-order valence-electron chi connectivity index (χ4n) is 7.38. The molecule has 0 radical (unpaired) electrons. The second kappa shape index (κ2) is 9.25. The van der Waals surface area contributed by atoms with E-state index >= 15 is 0 Å². The Kier molecular flexibility index (Phi) is 4.96. The molecule has 0 unspecified atom stereocenters. The van der Waals surface area contributed by atoms with Gasteiger partial charge in [0.1, 0.15) is 33.5 Å². The van der Waals surface area contributed by atoms with E-state index in [1.165, 1.54) is 20.2 Å². The lowest BCUT2D eigenvalue weighted by Gasteiger charge is -2.26. The van der Waals surface area contributed by atoms with Crippen LogP contribution in [-0.2, 0) is 0 Å². The maximum atomic E-state index is 6.58. The Morgan fingerprint density at radius 2 is 0.872 bits per heavy atom. The van der Waals surface area contributed by atoms with Crippen LogP contribution in [-0.4, -0.2) is 0 Å². The van der Waals surface area contributed by atoms with Crippen molar-refractivity contribution < 1.29 is 13.3 Å². The summed E-state index contributed by atoms with van der Waals surface area (Å²) in [6.45, 7) is 0. The van der Waals surface area contributed by atoms with Crippen molar-refractivity contribution in [3.8, 4) is 0 Å². The number of nitrogens with zero attached hydrogens (tertiary/aromatic N) is 1. The molecule has 0 N–H and O–H groups in total. The standard InChI is InChI=1S/C42H23NO3S/c1-5-13-33-26(9-1)28-19-17-24(21-36(28)44-33)43(25-18-20-29-27-10-2-6-14-34(27)45-37(29)22-25)32-23-38-41(30-11-3-7-15-35(30)46-38)42-40(32)31-12-4-8-16-39(31)47-42/h1-23H. The van der Waals surface area contributed by atoms with Gasteiger partial charge in [0.05, 0.1) is 5.69 Å². The Balaban J connectivity index is 1.27. The van der Waals surface area contributed by atoms with Crippen LogP contribution in [0.1, 0.15) is 0 Å². The van der Waals surface area contributed by atoms with E-state index in [0.29, 0.717) is 0 Å². The minimum Gasteiger partial charge on any atom is -0.456 e. The molecule has 7 aromatic carbocycles. The summed E-state index contributed by atoms with van der Waals surface area (Å²) in [6.07, 6.45) is 0. The lowest BCUT2D eigenvalue weighted by atomic mass is 10.0. The van der Waals surface area contributed by atoms with E-state index in [4.69, 9.17) is 13.3 Å². The zero-order chi connectivity index (χ0) is 30.6. The number of anilines is 3. The van der Waals surface area contributed by atoms with Gasteiger partial charge in [-0.2, -0.15) is 0 Å². The van der Waals surface area contributed by atoms with Gasteiger partial charge in [0, 0.05) is 82.1 Å². The summed E-state index contributed by atoms with van der Waals surface area (Å²) >= 11 is 1.82. The van der Waals surface area contributed by atoms with Gasteiger partial charge in [0.2, 0.25) is 0 Å². The van der Waals surface area contributed by atoms with Gasteiger partial charge in [-0.05, 0) is 48.5 Å². The highest BCUT2D eigenvalue weighted by atomic mass is 32.1. The Morgan fingerprint density at radius 3 is 1.51 bits per heavy atom. The van der Waals surface area contributed by atoms with E-state index in [1.807, 2.05) is 41.7 Å². The SMILES string of the molecule is c1ccc2c(c1)oc1cc(N(c3ccc4c(c3)oc3ccccc34)c3cc4oc5ccccc5c4c4sc5ccccc5c34)ccc12. The Bertz CT molecular complexity index is 2930. The molecule has 0 fully saturated rings.